The summed E-state index contributed by atoms with van der Waals surface area (Å²) in [5.41, 5.74) is 2.94. The van der Waals surface area contributed by atoms with Gasteiger partial charge >= 0.3 is 39.0 Å². The van der Waals surface area contributed by atoms with Gasteiger partial charge < -0.3 is 25.9 Å². The van der Waals surface area contributed by atoms with E-state index in [0.717, 1.165) is 11.1 Å². The predicted molar refractivity (Wildman–Crippen MR) is 246 cm³/mol. The SMILES string of the molecule is O.[O-]c1ccc(Cc2ccc([O-])c(C=Nc3ccccc3[O-])c2)cc1C=Nc1ccccc1[O-].[Zn+2].[Zn+2].c1ccncc1.c1ccncc1.c1ccncc1.c1ccncc1.c1ccncc1. The maximum Gasteiger partial charge on any atom is 2.00 e. The van der Waals surface area contributed by atoms with E-state index in [9.17, 15) is 20.4 Å². The zero-order valence-corrected chi connectivity index (χ0v) is 42.0. The zero-order chi connectivity index (χ0) is 44.4. The van der Waals surface area contributed by atoms with Crippen molar-refractivity contribution in [3.63, 3.8) is 0 Å². The third-order valence-corrected chi connectivity index (χ3v) is 7.81. The maximum absolute atomic E-state index is 12.2. The molecule has 9 rings (SSSR count). The molecule has 4 aromatic carbocycles. The van der Waals surface area contributed by atoms with Gasteiger partial charge in [-0.05, 0) is 101 Å². The van der Waals surface area contributed by atoms with E-state index in [1.165, 1.54) is 36.7 Å². The molecule has 0 unspecified atom stereocenters. The van der Waals surface area contributed by atoms with Crippen molar-refractivity contribution in [3.05, 3.63) is 260 Å². The number of pyridine rings is 5. The summed E-state index contributed by atoms with van der Waals surface area (Å²) in [6, 6.07) is 51.0. The number of hydrogen-bond acceptors (Lipinski definition) is 11. The van der Waals surface area contributed by atoms with Gasteiger partial charge in [-0.25, -0.2) is 0 Å². The Balaban J connectivity index is 0.000000525. The fraction of sp³-hybridized carbons (Fsp3) is 0.0192. The van der Waals surface area contributed by atoms with E-state index in [1.54, 1.807) is 123 Å². The topological polar surface area (TPSA) is 213 Å². The molecule has 9 aromatic rings. The summed E-state index contributed by atoms with van der Waals surface area (Å²) in [6.45, 7) is 0. The molecule has 0 amide bonds. The second-order valence-corrected chi connectivity index (χ2v) is 12.5. The van der Waals surface area contributed by atoms with Crippen LogP contribution in [0.3, 0.4) is 0 Å². The van der Waals surface area contributed by atoms with Crippen LogP contribution in [0.5, 0.6) is 23.0 Å². The van der Waals surface area contributed by atoms with Crippen LogP contribution in [0.4, 0.5) is 11.4 Å². The second kappa shape index (κ2) is 35.8. The van der Waals surface area contributed by atoms with Gasteiger partial charge in [-0.15, -0.1) is 11.5 Å². The summed E-state index contributed by atoms with van der Waals surface area (Å²) < 4.78 is 0. The molecule has 0 bridgehead atoms. The minimum Gasteiger partial charge on any atom is -0.872 e. The van der Waals surface area contributed by atoms with Crippen molar-refractivity contribution >= 4 is 23.8 Å². The van der Waals surface area contributed by atoms with Crippen LogP contribution < -0.4 is 20.4 Å². The first kappa shape index (κ1) is 56.4. The molecule has 0 spiro atoms. The Kier molecular flexibility index (Phi) is 30.6. The third-order valence-electron chi connectivity index (χ3n) is 7.81. The van der Waals surface area contributed by atoms with E-state index >= 15 is 0 Å². The normalized spacial score (nSPS) is 9.33. The van der Waals surface area contributed by atoms with Gasteiger partial charge in [0.1, 0.15) is 0 Å². The Morgan fingerprint density at radius 3 is 0.833 bits per heavy atom. The molecule has 0 radical (unpaired) electrons. The molecule has 0 saturated carbocycles. The number of nitrogens with zero attached hydrogens (tertiary/aromatic N) is 7. The largest absolute Gasteiger partial charge is 2.00 e. The number of hydrogen-bond donors (Lipinski definition) is 0. The second-order valence-electron chi connectivity index (χ2n) is 12.5. The standard InChI is InChI=1S/C27H22N2O4.5C5H5N.H2O.2Zn/c30-24-11-9-18(14-20(24)16-28-22-5-1-3-7-26(22)32)13-19-10-12-25(31)21(15-19)17-29-23-6-2-4-8-27(23)33;5*1-2-4-6-5-3-1;;;/h1-12,14-17,30-33H,13H2;5*1-5H;1H2;;/q;;;;;;;2*+2/p-4. The van der Waals surface area contributed by atoms with Gasteiger partial charge in [0, 0.05) is 74.4 Å². The van der Waals surface area contributed by atoms with E-state index in [1.807, 2.05) is 91.0 Å². The van der Waals surface area contributed by atoms with Gasteiger partial charge in [0.15, 0.2) is 0 Å². The monoisotopic (exact) mass is 975 g/mol. The molecular weight excluding hydrogens is 933 g/mol. The molecule has 2 N–H and O–H groups in total. The summed E-state index contributed by atoms with van der Waals surface area (Å²) in [4.78, 5) is 27.2. The average Bonchev–Trinajstić information content (AvgIpc) is 3.36. The van der Waals surface area contributed by atoms with Crippen LogP contribution in [0.25, 0.3) is 0 Å². The van der Waals surface area contributed by atoms with Crippen molar-refractivity contribution in [3.8, 4) is 23.0 Å². The van der Waals surface area contributed by atoms with Gasteiger partial charge in [-0.1, -0.05) is 115 Å². The van der Waals surface area contributed by atoms with Gasteiger partial charge in [-0.2, -0.15) is 0 Å². The molecule has 0 fully saturated rings. The Hall–Kier alpha value is -7.62. The number of benzene rings is 4. The van der Waals surface area contributed by atoms with E-state index < -0.39 is 0 Å². The molecule has 0 aliphatic carbocycles. The van der Waals surface area contributed by atoms with E-state index in [2.05, 4.69) is 34.9 Å². The van der Waals surface area contributed by atoms with Crippen molar-refractivity contribution in [1.82, 2.24) is 24.9 Å². The van der Waals surface area contributed by atoms with Crippen LogP contribution in [-0.2, 0) is 45.4 Å². The molecular formula is C52H45N7O5Zn2. The summed E-state index contributed by atoms with van der Waals surface area (Å²) >= 11 is 0. The predicted octanol–water partition coefficient (Wildman–Crippen LogP) is 7.65. The van der Waals surface area contributed by atoms with Crippen molar-refractivity contribution in [2.75, 3.05) is 0 Å². The molecule has 12 nitrogen and oxygen atoms in total. The van der Waals surface area contributed by atoms with Gasteiger partial charge in [-0.3, -0.25) is 34.9 Å². The molecule has 66 heavy (non-hydrogen) atoms. The quantitative estimate of drug-likeness (QED) is 0.118. The summed E-state index contributed by atoms with van der Waals surface area (Å²) in [5, 5.41) is 48.1. The van der Waals surface area contributed by atoms with Crippen molar-refractivity contribution in [2.24, 2.45) is 9.98 Å². The fourth-order valence-corrected chi connectivity index (χ4v) is 4.82. The molecule has 5 aromatic heterocycles. The Bertz CT molecular complexity index is 2190. The Morgan fingerprint density at radius 1 is 0.333 bits per heavy atom. The van der Waals surface area contributed by atoms with Crippen LogP contribution in [0.2, 0.25) is 0 Å². The molecule has 0 aliphatic heterocycles. The molecule has 14 heteroatoms. The van der Waals surface area contributed by atoms with E-state index in [4.69, 9.17) is 0 Å². The minimum absolute atomic E-state index is 0. The minimum atomic E-state index is -0.219. The van der Waals surface area contributed by atoms with Gasteiger partial charge in [0.25, 0.3) is 0 Å². The average molecular weight is 979 g/mol. The molecule has 5 heterocycles. The maximum atomic E-state index is 12.2. The number of para-hydroxylation sites is 4. The smallest absolute Gasteiger partial charge is 0.872 e. The Labute approximate surface area is 410 Å². The summed E-state index contributed by atoms with van der Waals surface area (Å²) in [6.07, 6.45) is 20.8. The van der Waals surface area contributed by atoms with Crippen molar-refractivity contribution < 1.29 is 64.9 Å². The summed E-state index contributed by atoms with van der Waals surface area (Å²) in [7, 11) is 0. The van der Waals surface area contributed by atoms with Gasteiger partial charge in [0.05, 0.1) is 11.4 Å². The number of aliphatic imine (C=N–C) groups is 2. The molecule has 0 aliphatic rings. The zero-order valence-electron chi connectivity index (χ0n) is 36.1. The first-order chi connectivity index (χ1) is 31.0. The van der Waals surface area contributed by atoms with Crippen LogP contribution in [0.15, 0.2) is 248 Å². The Morgan fingerprint density at radius 2 is 0.606 bits per heavy atom. The van der Waals surface area contributed by atoms with Crippen LogP contribution >= 0.6 is 0 Å². The molecule has 322 valence electrons. The van der Waals surface area contributed by atoms with Crippen molar-refractivity contribution in [1.29, 1.82) is 0 Å². The first-order valence-corrected chi connectivity index (χ1v) is 19.4. The van der Waals surface area contributed by atoms with Crippen LogP contribution in [-0.4, -0.2) is 42.8 Å². The summed E-state index contributed by atoms with van der Waals surface area (Å²) in [5.74, 6) is -0.845. The molecule has 0 saturated heterocycles. The van der Waals surface area contributed by atoms with Crippen molar-refractivity contribution in [2.45, 2.75) is 6.42 Å². The fourth-order valence-electron chi connectivity index (χ4n) is 4.82. The third kappa shape index (κ3) is 24.3. The van der Waals surface area contributed by atoms with E-state index in [-0.39, 0.29) is 78.8 Å². The number of aromatic nitrogens is 5. The molecule has 0 atom stereocenters. The number of rotatable bonds is 6. The van der Waals surface area contributed by atoms with Gasteiger partial charge in [0.2, 0.25) is 0 Å². The van der Waals surface area contributed by atoms with Crippen LogP contribution in [0.1, 0.15) is 22.3 Å². The van der Waals surface area contributed by atoms with E-state index in [0.29, 0.717) is 17.5 Å². The first-order valence-electron chi connectivity index (χ1n) is 19.4. The van der Waals surface area contributed by atoms with Crippen LogP contribution in [0, 0.1) is 0 Å².